The second-order valence-corrected chi connectivity index (χ2v) is 3.28. The van der Waals surface area contributed by atoms with Gasteiger partial charge in [0.2, 0.25) is 0 Å². The molecule has 1 aliphatic rings. The Morgan fingerprint density at radius 1 is 1.64 bits per heavy atom. The lowest BCUT2D eigenvalue weighted by Crippen LogP contribution is -2.59. The lowest BCUT2D eigenvalue weighted by Gasteiger charge is -2.42. The summed E-state index contributed by atoms with van der Waals surface area (Å²) >= 11 is 0. The zero-order chi connectivity index (χ0) is 8.27. The molecule has 0 unspecified atom stereocenters. The van der Waals surface area contributed by atoms with Crippen LogP contribution >= 0.6 is 0 Å². The number of rotatable bonds is 3. The maximum Gasteiger partial charge on any atom is 0.0843 e. The van der Waals surface area contributed by atoms with Crippen LogP contribution in [0.15, 0.2) is 0 Å². The zero-order valence-electron chi connectivity index (χ0n) is 7.17. The van der Waals surface area contributed by atoms with E-state index >= 15 is 0 Å². The third kappa shape index (κ3) is 2.18. The van der Waals surface area contributed by atoms with Crippen molar-refractivity contribution in [1.29, 1.82) is 5.26 Å². The predicted octanol–water partition coefficient (Wildman–Crippen LogP) is 0.192. The topological polar surface area (TPSA) is 39.1 Å². The summed E-state index contributed by atoms with van der Waals surface area (Å²) in [6, 6.07) is 3.28. The third-order valence-corrected chi connectivity index (χ3v) is 2.11. The van der Waals surface area contributed by atoms with E-state index in [1.807, 2.05) is 0 Å². The van der Waals surface area contributed by atoms with Crippen LogP contribution in [0.1, 0.15) is 13.8 Å². The molecule has 1 fully saturated rings. The average molecular weight is 153 g/mol. The van der Waals surface area contributed by atoms with Crippen LogP contribution < -0.4 is 5.32 Å². The van der Waals surface area contributed by atoms with Crippen molar-refractivity contribution in [2.75, 3.05) is 19.6 Å². The summed E-state index contributed by atoms with van der Waals surface area (Å²) in [4.78, 5) is 2.38. The van der Waals surface area contributed by atoms with E-state index in [0.717, 1.165) is 13.1 Å². The van der Waals surface area contributed by atoms with E-state index in [2.05, 4.69) is 30.1 Å². The number of nitriles is 1. The SMILES string of the molecule is CC(C)N1CC(NCC#N)C1. The smallest absolute Gasteiger partial charge is 0.0843 e. The molecule has 0 atom stereocenters. The van der Waals surface area contributed by atoms with Crippen LogP contribution in [0.3, 0.4) is 0 Å². The highest BCUT2D eigenvalue weighted by Gasteiger charge is 2.27. The molecule has 3 nitrogen and oxygen atoms in total. The van der Waals surface area contributed by atoms with Gasteiger partial charge in [-0.2, -0.15) is 5.26 Å². The van der Waals surface area contributed by atoms with Gasteiger partial charge in [0.15, 0.2) is 0 Å². The molecule has 0 aromatic rings. The molecule has 11 heavy (non-hydrogen) atoms. The number of hydrogen-bond donors (Lipinski definition) is 1. The number of nitrogens with zero attached hydrogens (tertiary/aromatic N) is 2. The molecule has 1 saturated heterocycles. The molecule has 62 valence electrons. The molecule has 1 N–H and O–H groups in total. The van der Waals surface area contributed by atoms with Gasteiger partial charge in [0.05, 0.1) is 12.6 Å². The van der Waals surface area contributed by atoms with Gasteiger partial charge in [0, 0.05) is 25.2 Å². The molecule has 0 aromatic heterocycles. The van der Waals surface area contributed by atoms with E-state index in [1.165, 1.54) is 0 Å². The summed E-state index contributed by atoms with van der Waals surface area (Å²) < 4.78 is 0. The van der Waals surface area contributed by atoms with Crippen LogP contribution in [0.4, 0.5) is 0 Å². The van der Waals surface area contributed by atoms with Crippen molar-refractivity contribution < 1.29 is 0 Å². The Labute approximate surface area is 68.0 Å². The maximum atomic E-state index is 8.28. The molecule has 0 spiro atoms. The van der Waals surface area contributed by atoms with Gasteiger partial charge in [-0.05, 0) is 13.8 Å². The van der Waals surface area contributed by atoms with Gasteiger partial charge in [-0.1, -0.05) is 0 Å². The quantitative estimate of drug-likeness (QED) is 0.588. The van der Waals surface area contributed by atoms with E-state index in [1.54, 1.807) is 0 Å². The van der Waals surface area contributed by atoms with Crippen molar-refractivity contribution >= 4 is 0 Å². The minimum absolute atomic E-state index is 0.483. The molecule has 0 bridgehead atoms. The normalized spacial score (nSPS) is 19.8. The largest absolute Gasteiger partial charge is 0.299 e. The summed E-state index contributed by atoms with van der Waals surface area (Å²) in [6.45, 7) is 7.07. The standard InChI is InChI=1S/C8H15N3/c1-7(2)11-5-8(6-11)10-4-3-9/h7-8,10H,4-6H2,1-2H3. The Hall–Kier alpha value is -0.590. The van der Waals surface area contributed by atoms with E-state index in [0.29, 0.717) is 18.6 Å². The second-order valence-electron chi connectivity index (χ2n) is 3.28. The first kappa shape index (κ1) is 8.51. The highest BCUT2D eigenvalue weighted by atomic mass is 15.3. The van der Waals surface area contributed by atoms with Crippen LogP contribution in [-0.2, 0) is 0 Å². The highest BCUT2D eigenvalue weighted by molar-refractivity contribution is 4.90. The molecule has 1 aliphatic heterocycles. The molecular formula is C8H15N3. The Kier molecular flexibility index (Phi) is 2.86. The molecule has 0 aliphatic carbocycles. The minimum atomic E-state index is 0.483. The fourth-order valence-corrected chi connectivity index (χ4v) is 1.25. The van der Waals surface area contributed by atoms with Crippen molar-refractivity contribution in [1.82, 2.24) is 10.2 Å². The highest BCUT2D eigenvalue weighted by Crippen LogP contribution is 2.10. The van der Waals surface area contributed by atoms with Crippen molar-refractivity contribution in [2.45, 2.75) is 25.9 Å². The molecule has 0 amide bonds. The molecule has 1 heterocycles. The monoisotopic (exact) mass is 153 g/mol. The van der Waals surface area contributed by atoms with E-state index in [9.17, 15) is 0 Å². The van der Waals surface area contributed by atoms with Gasteiger partial charge in [-0.15, -0.1) is 0 Å². The predicted molar refractivity (Wildman–Crippen MR) is 44.1 cm³/mol. The van der Waals surface area contributed by atoms with Crippen molar-refractivity contribution in [3.05, 3.63) is 0 Å². The Morgan fingerprint density at radius 2 is 2.27 bits per heavy atom. The summed E-state index contributed by atoms with van der Waals surface area (Å²) in [5.74, 6) is 0. The zero-order valence-corrected chi connectivity index (χ0v) is 7.17. The van der Waals surface area contributed by atoms with E-state index in [-0.39, 0.29) is 0 Å². The number of likely N-dealkylation sites (tertiary alicyclic amines) is 1. The van der Waals surface area contributed by atoms with Crippen LogP contribution in [0.25, 0.3) is 0 Å². The fourth-order valence-electron chi connectivity index (χ4n) is 1.25. The molecule has 3 heteroatoms. The van der Waals surface area contributed by atoms with Gasteiger partial charge in [0.25, 0.3) is 0 Å². The van der Waals surface area contributed by atoms with Gasteiger partial charge >= 0.3 is 0 Å². The lowest BCUT2D eigenvalue weighted by molar-refractivity contribution is 0.0945. The molecule has 0 aromatic carbocycles. The van der Waals surface area contributed by atoms with Crippen molar-refractivity contribution in [3.8, 4) is 6.07 Å². The van der Waals surface area contributed by atoms with Gasteiger partial charge in [-0.3, -0.25) is 10.2 Å². The Morgan fingerprint density at radius 3 is 2.73 bits per heavy atom. The van der Waals surface area contributed by atoms with Gasteiger partial charge < -0.3 is 0 Å². The summed E-state index contributed by atoms with van der Waals surface area (Å²) in [5, 5.41) is 11.4. The maximum absolute atomic E-state index is 8.28. The van der Waals surface area contributed by atoms with E-state index < -0.39 is 0 Å². The summed E-state index contributed by atoms with van der Waals surface area (Å²) in [5.41, 5.74) is 0. The van der Waals surface area contributed by atoms with Crippen molar-refractivity contribution in [3.63, 3.8) is 0 Å². The molecule has 0 saturated carbocycles. The number of hydrogen-bond acceptors (Lipinski definition) is 3. The lowest BCUT2D eigenvalue weighted by atomic mass is 10.1. The Bertz CT molecular complexity index is 153. The molecule has 0 radical (unpaired) electrons. The van der Waals surface area contributed by atoms with Crippen molar-refractivity contribution in [2.24, 2.45) is 0 Å². The summed E-state index contributed by atoms with van der Waals surface area (Å²) in [6.07, 6.45) is 0. The van der Waals surface area contributed by atoms with Crippen LogP contribution in [-0.4, -0.2) is 36.6 Å². The fraction of sp³-hybridized carbons (Fsp3) is 0.875. The second kappa shape index (κ2) is 3.70. The third-order valence-electron chi connectivity index (χ3n) is 2.11. The Balaban J connectivity index is 2.06. The van der Waals surface area contributed by atoms with Gasteiger partial charge in [-0.25, -0.2) is 0 Å². The minimum Gasteiger partial charge on any atom is -0.299 e. The molecule has 1 rings (SSSR count). The van der Waals surface area contributed by atoms with Crippen LogP contribution in [0.5, 0.6) is 0 Å². The summed E-state index contributed by atoms with van der Waals surface area (Å²) in [7, 11) is 0. The van der Waals surface area contributed by atoms with Gasteiger partial charge in [0.1, 0.15) is 0 Å². The van der Waals surface area contributed by atoms with Crippen LogP contribution in [0, 0.1) is 11.3 Å². The first-order valence-electron chi connectivity index (χ1n) is 4.08. The number of nitrogens with one attached hydrogen (secondary N) is 1. The average Bonchev–Trinajstić information content (AvgIpc) is 1.84. The molecular weight excluding hydrogens is 138 g/mol. The first-order chi connectivity index (χ1) is 5.24. The van der Waals surface area contributed by atoms with Crippen LogP contribution in [0.2, 0.25) is 0 Å². The first-order valence-corrected chi connectivity index (χ1v) is 4.08. The van der Waals surface area contributed by atoms with E-state index in [4.69, 9.17) is 5.26 Å².